The number of nitrogens with zero attached hydrogens (tertiary/aromatic N) is 2. The van der Waals surface area contributed by atoms with Crippen molar-refractivity contribution >= 4 is 5.91 Å². The molecule has 2 fully saturated rings. The van der Waals surface area contributed by atoms with Gasteiger partial charge in [0.15, 0.2) is 0 Å². The van der Waals surface area contributed by atoms with E-state index in [1.54, 1.807) is 24.5 Å². The Morgan fingerprint density at radius 1 is 1.19 bits per heavy atom. The van der Waals surface area contributed by atoms with Crippen molar-refractivity contribution in [1.29, 1.82) is 0 Å². The lowest BCUT2D eigenvalue weighted by Crippen LogP contribution is -2.34. The van der Waals surface area contributed by atoms with Gasteiger partial charge in [-0.2, -0.15) is 0 Å². The first kappa shape index (κ1) is 18.1. The van der Waals surface area contributed by atoms with Crippen LogP contribution in [0, 0.1) is 25.7 Å². The second-order valence-corrected chi connectivity index (χ2v) is 7.93. The first-order chi connectivity index (χ1) is 13.1. The van der Waals surface area contributed by atoms with E-state index in [0.717, 1.165) is 26.2 Å². The molecule has 3 heterocycles. The molecular weight excluding hydrogens is 338 g/mol. The quantitative estimate of drug-likeness (QED) is 0.885. The fourth-order valence-electron chi connectivity index (χ4n) is 4.47. The fourth-order valence-corrected chi connectivity index (χ4v) is 4.47. The van der Waals surface area contributed by atoms with E-state index in [2.05, 4.69) is 47.2 Å². The van der Waals surface area contributed by atoms with Crippen LogP contribution in [0.3, 0.4) is 0 Å². The number of aromatic nitrogens is 1. The van der Waals surface area contributed by atoms with Gasteiger partial charge in [-0.3, -0.25) is 14.7 Å². The molecule has 0 saturated carbocycles. The van der Waals surface area contributed by atoms with Gasteiger partial charge in [0.05, 0.1) is 12.7 Å². The molecular formula is C22H27N3O2. The minimum absolute atomic E-state index is 0.0362. The predicted octanol–water partition coefficient (Wildman–Crippen LogP) is 2.58. The Morgan fingerprint density at radius 2 is 1.93 bits per heavy atom. The van der Waals surface area contributed by atoms with Crippen molar-refractivity contribution in [3.05, 3.63) is 65.0 Å². The van der Waals surface area contributed by atoms with Crippen LogP contribution in [0.1, 0.15) is 27.0 Å². The molecule has 2 aliphatic rings. The summed E-state index contributed by atoms with van der Waals surface area (Å²) in [6.45, 7) is 8.69. The topological polar surface area (TPSA) is 54.5 Å². The molecule has 142 valence electrons. The smallest absolute Gasteiger partial charge is 0.251 e. The summed E-state index contributed by atoms with van der Waals surface area (Å²) in [6, 6.07) is 10.2. The van der Waals surface area contributed by atoms with Gasteiger partial charge >= 0.3 is 0 Å². The van der Waals surface area contributed by atoms with Gasteiger partial charge in [0, 0.05) is 56.0 Å². The molecule has 0 spiro atoms. The average molecular weight is 365 g/mol. The van der Waals surface area contributed by atoms with Crippen LogP contribution in [0.4, 0.5) is 0 Å². The van der Waals surface area contributed by atoms with Gasteiger partial charge in [-0.25, -0.2) is 0 Å². The molecule has 3 atom stereocenters. The van der Waals surface area contributed by atoms with Gasteiger partial charge in [-0.15, -0.1) is 0 Å². The van der Waals surface area contributed by atoms with Crippen molar-refractivity contribution in [2.45, 2.75) is 26.5 Å². The Labute approximate surface area is 160 Å². The van der Waals surface area contributed by atoms with Gasteiger partial charge in [-0.05, 0) is 31.5 Å². The first-order valence-corrected chi connectivity index (χ1v) is 9.68. The van der Waals surface area contributed by atoms with Crippen LogP contribution in [0.25, 0.3) is 0 Å². The lowest BCUT2D eigenvalue weighted by atomic mass is 9.93. The third kappa shape index (κ3) is 4.20. The van der Waals surface area contributed by atoms with Crippen LogP contribution in [0.5, 0.6) is 0 Å². The van der Waals surface area contributed by atoms with Gasteiger partial charge in [0.2, 0.25) is 0 Å². The number of ether oxygens (including phenoxy) is 1. The number of nitrogens with one attached hydrogen (secondary N) is 1. The first-order valence-electron chi connectivity index (χ1n) is 9.68. The van der Waals surface area contributed by atoms with E-state index < -0.39 is 0 Å². The molecule has 27 heavy (non-hydrogen) atoms. The normalized spacial score (nSPS) is 24.7. The minimum atomic E-state index is -0.0362. The summed E-state index contributed by atoms with van der Waals surface area (Å²) in [5, 5.41) is 3.07. The SMILES string of the molecule is Cc1cc(C)cc(CN2C[C@H]3[C@@H](CNC(=O)c4ccncc4)CO[C@H]3C2)c1. The summed E-state index contributed by atoms with van der Waals surface area (Å²) >= 11 is 0. The van der Waals surface area contributed by atoms with Crippen molar-refractivity contribution in [2.24, 2.45) is 11.8 Å². The lowest BCUT2D eigenvalue weighted by Gasteiger charge is -2.20. The molecule has 4 rings (SSSR count). The Hall–Kier alpha value is -2.24. The standard InChI is InChI=1S/C22H27N3O2/c1-15-7-16(2)9-17(8-15)11-25-12-20-19(14-27-21(20)13-25)10-24-22(26)18-3-5-23-6-4-18/h3-9,19-21H,10-14H2,1-2H3,(H,24,26)/t19-,20-,21-/m0/s1. The van der Waals surface area contributed by atoms with Crippen molar-refractivity contribution in [2.75, 3.05) is 26.2 Å². The zero-order chi connectivity index (χ0) is 18.8. The second-order valence-electron chi connectivity index (χ2n) is 7.93. The molecule has 1 N–H and O–H groups in total. The Bertz CT molecular complexity index is 788. The van der Waals surface area contributed by atoms with Crippen LogP contribution >= 0.6 is 0 Å². The second kappa shape index (κ2) is 7.79. The van der Waals surface area contributed by atoms with Gasteiger partial charge in [-0.1, -0.05) is 29.3 Å². The van der Waals surface area contributed by atoms with Crippen molar-refractivity contribution < 1.29 is 9.53 Å². The minimum Gasteiger partial charge on any atom is -0.376 e. The van der Waals surface area contributed by atoms with Crippen molar-refractivity contribution in [3.63, 3.8) is 0 Å². The van der Waals surface area contributed by atoms with E-state index >= 15 is 0 Å². The maximum absolute atomic E-state index is 12.3. The third-order valence-electron chi connectivity index (χ3n) is 5.67. The molecule has 0 bridgehead atoms. The van der Waals surface area contributed by atoms with Crippen LogP contribution < -0.4 is 5.32 Å². The summed E-state index contributed by atoms with van der Waals surface area (Å²) < 4.78 is 6.04. The summed E-state index contributed by atoms with van der Waals surface area (Å²) in [7, 11) is 0. The van der Waals surface area contributed by atoms with Gasteiger partial charge < -0.3 is 10.1 Å². The molecule has 0 unspecified atom stereocenters. The fraction of sp³-hybridized carbons (Fsp3) is 0.455. The number of fused-ring (bicyclic) bond motifs is 1. The molecule has 0 radical (unpaired) electrons. The van der Waals surface area contributed by atoms with Gasteiger partial charge in [0.25, 0.3) is 5.91 Å². The molecule has 2 aliphatic heterocycles. The number of benzene rings is 1. The molecule has 5 heteroatoms. The molecule has 2 aromatic rings. The summed E-state index contributed by atoms with van der Waals surface area (Å²) in [5.74, 6) is 0.838. The van der Waals surface area contributed by atoms with E-state index in [-0.39, 0.29) is 5.91 Å². The average Bonchev–Trinajstić information content (AvgIpc) is 3.20. The maximum atomic E-state index is 12.3. The number of likely N-dealkylation sites (tertiary alicyclic amines) is 1. The van der Waals surface area contributed by atoms with Crippen molar-refractivity contribution in [3.8, 4) is 0 Å². The van der Waals surface area contributed by atoms with Crippen LogP contribution in [0.2, 0.25) is 0 Å². The number of amides is 1. The number of carbonyl (C=O) groups excluding carboxylic acids is 1. The number of hydrogen-bond donors (Lipinski definition) is 1. The number of aryl methyl sites for hydroxylation is 2. The summed E-state index contributed by atoms with van der Waals surface area (Å²) in [6.07, 6.45) is 3.58. The van der Waals surface area contributed by atoms with E-state index in [9.17, 15) is 4.79 Å². The number of pyridine rings is 1. The Balaban J connectivity index is 1.32. The molecule has 1 aromatic carbocycles. The number of hydrogen-bond acceptors (Lipinski definition) is 4. The molecule has 2 saturated heterocycles. The zero-order valence-corrected chi connectivity index (χ0v) is 16.0. The maximum Gasteiger partial charge on any atom is 0.251 e. The number of rotatable bonds is 5. The van der Waals surface area contributed by atoms with Crippen LogP contribution in [-0.2, 0) is 11.3 Å². The predicted molar refractivity (Wildman–Crippen MR) is 104 cm³/mol. The molecule has 1 aromatic heterocycles. The highest BCUT2D eigenvalue weighted by Gasteiger charge is 2.43. The van der Waals surface area contributed by atoms with Crippen LogP contribution in [0.15, 0.2) is 42.7 Å². The monoisotopic (exact) mass is 365 g/mol. The molecule has 5 nitrogen and oxygen atoms in total. The molecule has 1 amide bonds. The molecule has 0 aliphatic carbocycles. The summed E-state index contributed by atoms with van der Waals surface area (Å²) in [5.41, 5.74) is 4.66. The highest BCUT2D eigenvalue weighted by atomic mass is 16.5. The van der Waals surface area contributed by atoms with Gasteiger partial charge in [0.1, 0.15) is 0 Å². The largest absolute Gasteiger partial charge is 0.376 e. The highest BCUT2D eigenvalue weighted by molar-refractivity contribution is 5.93. The van der Waals surface area contributed by atoms with Crippen LogP contribution in [-0.4, -0.2) is 48.1 Å². The van der Waals surface area contributed by atoms with E-state index in [1.807, 2.05) is 0 Å². The highest BCUT2D eigenvalue weighted by Crippen LogP contribution is 2.34. The van der Waals surface area contributed by atoms with Crippen molar-refractivity contribution in [1.82, 2.24) is 15.2 Å². The van der Waals surface area contributed by atoms with E-state index in [1.165, 1.54) is 16.7 Å². The number of carbonyl (C=O) groups is 1. The third-order valence-corrected chi connectivity index (χ3v) is 5.67. The zero-order valence-electron chi connectivity index (χ0n) is 16.0. The van der Waals surface area contributed by atoms with E-state index in [4.69, 9.17) is 4.74 Å². The summed E-state index contributed by atoms with van der Waals surface area (Å²) in [4.78, 5) is 18.7. The Morgan fingerprint density at radius 3 is 2.67 bits per heavy atom. The Kier molecular flexibility index (Phi) is 5.23. The van der Waals surface area contributed by atoms with E-state index in [0.29, 0.717) is 30.0 Å². The lowest BCUT2D eigenvalue weighted by molar-refractivity contribution is 0.0903.